The Morgan fingerprint density at radius 2 is 2.12 bits per heavy atom. The predicted molar refractivity (Wildman–Crippen MR) is 92.7 cm³/mol. The van der Waals surface area contributed by atoms with E-state index in [-0.39, 0.29) is 29.6 Å². The maximum Gasteiger partial charge on any atom is 0.270 e. The third-order valence-electron chi connectivity index (χ3n) is 4.46. The molecule has 0 spiro atoms. The van der Waals surface area contributed by atoms with Crippen LogP contribution < -0.4 is 5.32 Å². The minimum Gasteiger partial charge on any atom is -0.382 e. The second-order valence-electron chi connectivity index (χ2n) is 6.28. The van der Waals surface area contributed by atoms with Gasteiger partial charge >= 0.3 is 0 Å². The topological polar surface area (TPSA) is 78.3 Å². The Bertz CT molecular complexity index is 715. The maximum atomic E-state index is 14.0. The maximum absolute atomic E-state index is 14.0. The SMILES string of the molecule is COCCO[C@H]1CC[C@H](NC(=O)c2ccc(F)c(-n3ccnc3)n2)CC1. The van der Waals surface area contributed by atoms with Crippen molar-refractivity contribution in [1.29, 1.82) is 0 Å². The molecule has 1 aliphatic rings. The molecule has 3 rings (SSSR count). The Balaban J connectivity index is 1.55. The lowest BCUT2D eigenvalue weighted by molar-refractivity contribution is -0.00409. The van der Waals surface area contributed by atoms with E-state index in [1.165, 1.54) is 29.2 Å². The lowest BCUT2D eigenvalue weighted by atomic mass is 9.93. The Kier molecular flexibility index (Phi) is 6.30. The van der Waals surface area contributed by atoms with Gasteiger partial charge in [0.2, 0.25) is 0 Å². The van der Waals surface area contributed by atoms with Gasteiger partial charge < -0.3 is 14.8 Å². The third kappa shape index (κ3) is 4.64. The summed E-state index contributed by atoms with van der Waals surface area (Å²) in [5, 5.41) is 2.99. The van der Waals surface area contributed by atoms with Crippen LogP contribution in [-0.4, -0.2) is 52.9 Å². The van der Waals surface area contributed by atoms with Gasteiger partial charge in [-0.25, -0.2) is 14.4 Å². The molecular formula is C18H23FN4O3. The van der Waals surface area contributed by atoms with Gasteiger partial charge in [-0.2, -0.15) is 0 Å². The van der Waals surface area contributed by atoms with Crippen LogP contribution in [0.3, 0.4) is 0 Å². The minimum absolute atomic E-state index is 0.0606. The lowest BCUT2D eigenvalue weighted by Gasteiger charge is -2.29. The summed E-state index contributed by atoms with van der Waals surface area (Å²) in [5.74, 6) is -0.742. The number of pyridine rings is 1. The van der Waals surface area contributed by atoms with Gasteiger partial charge in [0.1, 0.15) is 12.0 Å². The van der Waals surface area contributed by atoms with Crippen LogP contribution in [0.4, 0.5) is 4.39 Å². The van der Waals surface area contributed by atoms with E-state index in [9.17, 15) is 9.18 Å². The van der Waals surface area contributed by atoms with E-state index >= 15 is 0 Å². The molecule has 2 aromatic heterocycles. The molecule has 2 heterocycles. The van der Waals surface area contributed by atoms with E-state index in [0.29, 0.717) is 13.2 Å². The Hall–Kier alpha value is -2.32. The quantitative estimate of drug-likeness (QED) is 0.764. The standard InChI is InChI=1S/C18H23FN4O3/c1-25-10-11-26-14-4-2-13(3-5-14)21-18(24)16-7-6-15(19)17(22-16)23-9-8-20-12-23/h6-9,12-14H,2-5,10-11H2,1H3,(H,21,24)/t13-,14-. The van der Waals surface area contributed by atoms with Crippen molar-refractivity contribution in [1.82, 2.24) is 19.9 Å². The first-order chi connectivity index (χ1) is 12.7. The molecule has 0 radical (unpaired) electrons. The summed E-state index contributed by atoms with van der Waals surface area (Å²) < 4.78 is 26.1. The molecule has 0 bridgehead atoms. The van der Waals surface area contributed by atoms with Gasteiger partial charge in [0, 0.05) is 25.5 Å². The van der Waals surface area contributed by atoms with Crippen molar-refractivity contribution in [3.63, 3.8) is 0 Å². The molecule has 2 aromatic rings. The third-order valence-corrected chi connectivity index (χ3v) is 4.46. The van der Waals surface area contributed by atoms with Gasteiger partial charge in [-0.05, 0) is 37.8 Å². The van der Waals surface area contributed by atoms with Gasteiger partial charge in [0.25, 0.3) is 5.91 Å². The molecule has 1 amide bonds. The lowest BCUT2D eigenvalue weighted by Crippen LogP contribution is -2.39. The number of rotatable bonds is 7. The molecule has 0 atom stereocenters. The van der Waals surface area contributed by atoms with Crippen molar-refractivity contribution >= 4 is 5.91 Å². The number of imidazole rings is 1. The largest absolute Gasteiger partial charge is 0.382 e. The first-order valence-electron chi connectivity index (χ1n) is 8.73. The van der Waals surface area contributed by atoms with Crippen LogP contribution in [0.2, 0.25) is 0 Å². The highest BCUT2D eigenvalue weighted by Gasteiger charge is 2.24. The summed E-state index contributed by atoms with van der Waals surface area (Å²) in [5.41, 5.74) is 0.188. The summed E-state index contributed by atoms with van der Waals surface area (Å²) in [6.45, 7) is 1.18. The number of aromatic nitrogens is 3. The van der Waals surface area contributed by atoms with Crippen molar-refractivity contribution in [2.75, 3.05) is 20.3 Å². The molecule has 7 nitrogen and oxygen atoms in total. The van der Waals surface area contributed by atoms with Crippen LogP contribution in [0.1, 0.15) is 36.2 Å². The van der Waals surface area contributed by atoms with E-state index in [4.69, 9.17) is 9.47 Å². The minimum atomic E-state index is -0.506. The average Bonchev–Trinajstić information content (AvgIpc) is 3.18. The number of methoxy groups -OCH3 is 1. The van der Waals surface area contributed by atoms with Crippen molar-refractivity contribution in [2.24, 2.45) is 0 Å². The highest BCUT2D eigenvalue weighted by atomic mass is 19.1. The van der Waals surface area contributed by atoms with Crippen molar-refractivity contribution < 1.29 is 18.7 Å². The Morgan fingerprint density at radius 1 is 1.31 bits per heavy atom. The zero-order valence-corrected chi connectivity index (χ0v) is 14.7. The summed E-state index contributed by atoms with van der Waals surface area (Å²) in [7, 11) is 1.65. The smallest absolute Gasteiger partial charge is 0.270 e. The van der Waals surface area contributed by atoms with Gasteiger partial charge in [-0.3, -0.25) is 9.36 Å². The van der Waals surface area contributed by atoms with Crippen LogP contribution >= 0.6 is 0 Å². The molecule has 1 saturated carbocycles. The van der Waals surface area contributed by atoms with Crippen LogP contribution in [0.15, 0.2) is 30.9 Å². The fourth-order valence-electron chi connectivity index (χ4n) is 3.05. The Morgan fingerprint density at radius 3 is 2.81 bits per heavy atom. The molecule has 0 unspecified atom stereocenters. The number of halogens is 1. The van der Waals surface area contributed by atoms with Crippen molar-refractivity contribution in [2.45, 2.75) is 37.8 Å². The zero-order chi connectivity index (χ0) is 18.4. The number of nitrogens with zero attached hydrogens (tertiary/aromatic N) is 3. The normalized spacial score (nSPS) is 20.1. The summed E-state index contributed by atoms with van der Waals surface area (Å²) >= 11 is 0. The second-order valence-corrected chi connectivity index (χ2v) is 6.28. The van der Waals surface area contributed by atoms with Gasteiger partial charge in [-0.1, -0.05) is 0 Å². The number of nitrogens with one attached hydrogen (secondary N) is 1. The molecule has 0 aromatic carbocycles. The fourth-order valence-corrected chi connectivity index (χ4v) is 3.05. The van der Waals surface area contributed by atoms with Crippen LogP contribution in [0.25, 0.3) is 5.82 Å². The van der Waals surface area contributed by atoms with Crippen LogP contribution in [0, 0.1) is 5.82 Å². The number of amides is 1. The number of ether oxygens (including phenoxy) is 2. The van der Waals surface area contributed by atoms with E-state index in [1.54, 1.807) is 13.3 Å². The molecule has 8 heteroatoms. The number of carbonyl (C=O) groups excluding carboxylic acids is 1. The molecule has 0 aliphatic heterocycles. The molecule has 1 fully saturated rings. The summed E-state index contributed by atoms with van der Waals surface area (Å²) in [6, 6.07) is 2.72. The number of hydrogen-bond acceptors (Lipinski definition) is 5. The van der Waals surface area contributed by atoms with E-state index < -0.39 is 5.82 Å². The first kappa shape index (κ1) is 18.5. The highest BCUT2D eigenvalue weighted by molar-refractivity contribution is 5.92. The predicted octanol–water partition coefficient (Wildman–Crippen LogP) is 2.11. The second kappa shape index (κ2) is 8.86. The van der Waals surface area contributed by atoms with Crippen molar-refractivity contribution in [3.8, 4) is 5.82 Å². The monoisotopic (exact) mass is 362 g/mol. The van der Waals surface area contributed by atoms with Gasteiger partial charge in [-0.15, -0.1) is 0 Å². The summed E-state index contributed by atoms with van der Waals surface area (Å²) in [6.07, 6.45) is 8.25. The highest BCUT2D eigenvalue weighted by Crippen LogP contribution is 2.21. The van der Waals surface area contributed by atoms with E-state index in [0.717, 1.165) is 25.7 Å². The molecule has 1 aliphatic carbocycles. The number of hydrogen-bond donors (Lipinski definition) is 1. The molecule has 1 N–H and O–H groups in total. The van der Waals surface area contributed by atoms with Crippen LogP contribution in [0.5, 0.6) is 0 Å². The molecular weight excluding hydrogens is 339 g/mol. The van der Waals surface area contributed by atoms with E-state index in [2.05, 4.69) is 15.3 Å². The molecule has 26 heavy (non-hydrogen) atoms. The number of carbonyl (C=O) groups is 1. The first-order valence-corrected chi connectivity index (χ1v) is 8.73. The summed E-state index contributed by atoms with van der Waals surface area (Å²) in [4.78, 5) is 20.5. The van der Waals surface area contributed by atoms with E-state index in [1.807, 2.05) is 0 Å². The van der Waals surface area contributed by atoms with Crippen LogP contribution in [-0.2, 0) is 9.47 Å². The van der Waals surface area contributed by atoms with Crippen molar-refractivity contribution in [3.05, 3.63) is 42.4 Å². The fraction of sp³-hybridized carbons (Fsp3) is 0.500. The molecule has 0 saturated heterocycles. The molecule has 140 valence electrons. The van der Waals surface area contributed by atoms with Gasteiger partial charge in [0.05, 0.1) is 19.3 Å². The van der Waals surface area contributed by atoms with Gasteiger partial charge in [0.15, 0.2) is 11.6 Å². The Labute approximate surface area is 151 Å². The average molecular weight is 362 g/mol. The zero-order valence-electron chi connectivity index (χ0n) is 14.7.